The van der Waals surface area contributed by atoms with Gasteiger partial charge in [0.2, 0.25) is 0 Å². The fourth-order valence-electron chi connectivity index (χ4n) is 1.69. The van der Waals surface area contributed by atoms with Crippen molar-refractivity contribution in [1.82, 2.24) is 14.9 Å². The van der Waals surface area contributed by atoms with Crippen LogP contribution in [-0.2, 0) is 13.5 Å². The van der Waals surface area contributed by atoms with Gasteiger partial charge < -0.3 is 9.88 Å². The lowest BCUT2D eigenvalue weighted by atomic mass is 10.2. The minimum atomic E-state index is -0.186. The molecule has 1 N–H and O–H groups in total. The minimum absolute atomic E-state index is 0.116. The molecular formula is C9H11N3O2. The van der Waals surface area contributed by atoms with Gasteiger partial charge >= 0.3 is 0 Å². The average molecular weight is 193 g/mol. The van der Waals surface area contributed by atoms with Crippen molar-refractivity contribution in [1.29, 1.82) is 0 Å². The normalized spacial score (nSPS) is 14.9. The number of amides is 1. The summed E-state index contributed by atoms with van der Waals surface area (Å²) in [5.74, 6) is 0.0519. The molecular weight excluding hydrogens is 182 g/mol. The Hall–Kier alpha value is -1.65. The number of hydrogen-bond donors (Lipinski definition) is 1. The van der Waals surface area contributed by atoms with E-state index in [1.165, 1.54) is 6.92 Å². The molecule has 0 atom stereocenters. The van der Waals surface area contributed by atoms with E-state index in [0.717, 1.165) is 12.1 Å². The molecule has 74 valence electrons. The highest BCUT2D eigenvalue weighted by Gasteiger charge is 2.25. The van der Waals surface area contributed by atoms with E-state index in [2.05, 4.69) is 10.3 Å². The molecule has 0 radical (unpaired) electrons. The first-order chi connectivity index (χ1) is 6.61. The zero-order valence-electron chi connectivity index (χ0n) is 8.13. The van der Waals surface area contributed by atoms with Crippen molar-refractivity contribution in [3.8, 4) is 0 Å². The number of rotatable bonds is 1. The fraction of sp³-hybridized carbons (Fsp3) is 0.444. The first-order valence-corrected chi connectivity index (χ1v) is 4.46. The van der Waals surface area contributed by atoms with Gasteiger partial charge in [-0.2, -0.15) is 0 Å². The molecule has 0 unspecified atom stereocenters. The number of nitrogens with one attached hydrogen (secondary N) is 1. The van der Waals surface area contributed by atoms with Crippen molar-refractivity contribution in [2.24, 2.45) is 7.05 Å². The smallest absolute Gasteiger partial charge is 0.271 e. The first kappa shape index (κ1) is 8.93. The molecule has 0 saturated carbocycles. The van der Waals surface area contributed by atoms with E-state index in [1.807, 2.05) is 0 Å². The Balaban J connectivity index is 2.59. The third-order valence-corrected chi connectivity index (χ3v) is 2.39. The van der Waals surface area contributed by atoms with Crippen LogP contribution in [0.25, 0.3) is 0 Å². The summed E-state index contributed by atoms with van der Waals surface area (Å²) in [5.41, 5.74) is 1.24. The second-order valence-electron chi connectivity index (χ2n) is 3.35. The summed E-state index contributed by atoms with van der Waals surface area (Å²) in [6, 6.07) is 0. The number of carbonyl (C=O) groups excluding carboxylic acids is 2. The molecule has 1 aliphatic heterocycles. The third kappa shape index (κ3) is 1.13. The predicted octanol–water partition coefficient (Wildman–Crippen LogP) is -0.0914. The summed E-state index contributed by atoms with van der Waals surface area (Å²) in [6.45, 7) is 2.06. The summed E-state index contributed by atoms with van der Waals surface area (Å²) in [5, 5.41) is 2.69. The lowest BCUT2D eigenvalue weighted by molar-refractivity contribution is 0.0940. The molecule has 0 aliphatic carbocycles. The van der Waals surface area contributed by atoms with Crippen molar-refractivity contribution in [2.75, 3.05) is 6.54 Å². The van der Waals surface area contributed by atoms with Gasteiger partial charge in [-0.3, -0.25) is 9.59 Å². The van der Waals surface area contributed by atoms with Crippen molar-refractivity contribution in [2.45, 2.75) is 13.3 Å². The molecule has 5 nitrogen and oxygen atoms in total. The molecule has 1 amide bonds. The van der Waals surface area contributed by atoms with Gasteiger partial charge in [-0.25, -0.2) is 4.98 Å². The van der Waals surface area contributed by atoms with Crippen LogP contribution in [0.5, 0.6) is 0 Å². The predicted molar refractivity (Wildman–Crippen MR) is 49.2 cm³/mol. The third-order valence-electron chi connectivity index (χ3n) is 2.39. The molecule has 1 aromatic rings. The maximum Gasteiger partial charge on any atom is 0.271 e. The molecule has 0 fully saturated rings. The number of ketones is 1. The van der Waals surface area contributed by atoms with Gasteiger partial charge in [-0.05, 0) is 0 Å². The maximum absolute atomic E-state index is 11.4. The monoisotopic (exact) mass is 193 g/mol. The zero-order chi connectivity index (χ0) is 10.3. The number of aromatic nitrogens is 2. The van der Waals surface area contributed by atoms with Crippen LogP contribution < -0.4 is 5.32 Å². The van der Waals surface area contributed by atoms with E-state index in [9.17, 15) is 9.59 Å². The topological polar surface area (TPSA) is 64.0 Å². The minimum Gasteiger partial charge on any atom is -0.350 e. The highest BCUT2D eigenvalue weighted by atomic mass is 16.2. The van der Waals surface area contributed by atoms with Crippen molar-refractivity contribution >= 4 is 11.7 Å². The lowest BCUT2D eigenvalue weighted by Crippen LogP contribution is -2.32. The zero-order valence-corrected chi connectivity index (χ0v) is 8.13. The number of carbonyl (C=O) groups is 2. The largest absolute Gasteiger partial charge is 0.350 e. The number of hydrogen-bond acceptors (Lipinski definition) is 3. The molecule has 2 heterocycles. The number of nitrogens with zero attached hydrogens (tertiary/aromatic N) is 2. The fourth-order valence-corrected chi connectivity index (χ4v) is 1.69. The number of fused-ring (bicyclic) bond motifs is 1. The highest BCUT2D eigenvalue weighted by molar-refractivity contribution is 5.97. The Morgan fingerprint density at radius 1 is 1.57 bits per heavy atom. The average Bonchev–Trinajstić information content (AvgIpc) is 2.46. The Morgan fingerprint density at radius 3 is 2.86 bits per heavy atom. The van der Waals surface area contributed by atoms with Crippen molar-refractivity contribution < 1.29 is 9.59 Å². The van der Waals surface area contributed by atoms with E-state index in [4.69, 9.17) is 0 Å². The van der Waals surface area contributed by atoms with Gasteiger partial charge in [-0.1, -0.05) is 0 Å². The number of imidazole rings is 1. The van der Waals surface area contributed by atoms with Crippen LogP contribution in [-0.4, -0.2) is 27.8 Å². The van der Waals surface area contributed by atoms with Gasteiger partial charge in [0, 0.05) is 26.9 Å². The summed E-state index contributed by atoms with van der Waals surface area (Å²) < 4.78 is 1.70. The van der Waals surface area contributed by atoms with Crippen LogP contribution in [0.4, 0.5) is 0 Å². The van der Waals surface area contributed by atoms with Crippen LogP contribution in [0, 0.1) is 0 Å². The molecule has 14 heavy (non-hydrogen) atoms. The summed E-state index contributed by atoms with van der Waals surface area (Å²) in [6.07, 6.45) is 0.734. The highest BCUT2D eigenvalue weighted by Crippen LogP contribution is 2.14. The van der Waals surface area contributed by atoms with Gasteiger partial charge in [0.25, 0.3) is 5.91 Å². The Labute approximate surface area is 81.1 Å². The molecule has 1 aromatic heterocycles. The van der Waals surface area contributed by atoms with Crippen LogP contribution >= 0.6 is 0 Å². The van der Waals surface area contributed by atoms with Gasteiger partial charge in [-0.15, -0.1) is 0 Å². The van der Waals surface area contributed by atoms with Crippen molar-refractivity contribution in [3.05, 3.63) is 17.2 Å². The first-order valence-electron chi connectivity index (χ1n) is 4.46. The summed E-state index contributed by atoms with van der Waals surface area (Å²) in [4.78, 5) is 26.6. The molecule has 0 saturated heterocycles. The Kier molecular flexibility index (Phi) is 1.87. The van der Waals surface area contributed by atoms with Crippen LogP contribution in [0.2, 0.25) is 0 Å². The summed E-state index contributed by atoms with van der Waals surface area (Å²) in [7, 11) is 1.77. The molecule has 5 heteroatoms. The summed E-state index contributed by atoms with van der Waals surface area (Å²) >= 11 is 0. The van der Waals surface area contributed by atoms with Crippen molar-refractivity contribution in [3.63, 3.8) is 0 Å². The lowest BCUT2D eigenvalue weighted by Gasteiger charge is -2.12. The number of Topliss-reactive ketones (excluding diaryl/α,β-unsaturated/α-hetero) is 1. The molecule has 2 rings (SSSR count). The molecule has 0 bridgehead atoms. The van der Waals surface area contributed by atoms with Crippen LogP contribution in [0.15, 0.2) is 0 Å². The second-order valence-corrected chi connectivity index (χ2v) is 3.35. The standard InChI is InChI=1S/C9H11N3O2/c1-5(13)8-11-7-6(12(8)2)3-4-10-9(7)14/h3-4H2,1-2H3,(H,10,14). The maximum atomic E-state index is 11.4. The van der Waals surface area contributed by atoms with Crippen LogP contribution in [0.1, 0.15) is 33.7 Å². The van der Waals surface area contributed by atoms with E-state index < -0.39 is 0 Å². The molecule has 0 aromatic carbocycles. The van der Waals surface area contributed by atoms with E-state index in [0.29, 0.717) is 18.1 Å². The quantitative estimate of drug-likeness (QED) is 0.634. The molecule has 1 aliphatic rings. The Morgan fingerprint density at radius 2 is 2.29 bits per heavy atom. The Bertz CT molecular complexity index is 420. The van der Waals surface area contributed by atoms with E-state index >= 15 is 0 Å². The second kappa shape index (κ2) is 2.94. The van der Waals surface area contributed by atoms with Gasteiger partial charge in [0.05, 0.1) is 5.69 Å². The van der Waals surface area contributed by atoms with E-state index in [-0.39, 0.29) is 11.7 Å². The van der Waals surface area contributed by atoms with Crippen LogP contribution in [0.3, 0.4) is 0 Å². The SMILES string of the molecule is CC(=O)c1nc2c(n1C)CCNC2=O. The van der Waals surface area contributed by atoms with Gasteiger partial charge in [0.1, 0.15) is 5.69 Å². The molecule has 0 spiro atoms. The van der Waals surface area contributed by atoms with Gasteiger partial charge in [0.15, 0.2) is 11.6 Å². The van der Waals surface area contributed by atoms with E-state index in [1.54, 1.807) is 11.6 Å².